The maximum absolute atomic E-state index is 13.4. The lowest BCUT2D eigenvalue weighted by molar-refractivity contribution is 0.724. The zero-order valence-corrected chi connectivity index (χ0v) is 18.9. The number of benzene rings is 2. The molecular weight excluding hydrogens is 412 g/mol. The van der Waals surface area contributed by atoms with Crippen molar-refractivity contribution in [3.8, 4) is 0 Å². The van der Waals surface area contributed by atoms with Gasteiger partial charge in [0.1, 0.15) is 16.7 Å². The number of fused-ring (bicyclic) bond motifs is 4. The predicted molar refractivity (Wildman–Crippen MR) is 133 cm³/mol. The fourth-order valence-electron chi connectivity index (χ4n) is 3.96. The van der Waals surface area contributed by atoms with Gasteiger partial charge in [0.05, 0.1) is 17.2 Å². The van der Waals surface area contributed by atoms with Crippen molar-refractivity contribution in [3.63, 3.8) is 0 Å². The Kier molecular flexibility index (Phi) is 5.09. The van der Waals surface area contributed by atoms with Gasteiger partial charge >= 0.3 is 0 Å². The Morgan fingerprint density at radius 3 is 2.36 bits per heavy atom. The van der Waals surface area contributed by atoms with Gasteiger partial charge in [0.25, 0.3) is 5.56 Å². The molecule has 7 heteroatoms. The molecular formula is C26H24N6O. The van der Waals surface area contributed by atoms with E-state index in [1.165, 1.54) is 5.56 Å². The summed E-state index contributed by atoms with van der Waals surface area (Å²) in [6, 6.07) is 15.9. The van der Waals surface area contributed by atoms with Crippen molar-refractivity contribution in [3.05, 3.63) is 88.5 Å². The number of nitrogens with zero attached hydrogens (tertiary/aromatic N) is 6. The van der Waals surface area contributed by atoms with Crippen molar-refractivity contribution < 1.29 is 0 Å². The first-order valence-corrected chi connectivity index (χ1v) is 10.9. The van der Waals surface area contributed by atoms with Gasteiger partial charge in [-0.2, -0.15) is 9.78 Å². The van der Waals surface area contributed by atoms with E-state index < -0.39 is 0 Å². The predicted octanol–water partition coefficient (Wildman–Crippen LogP) is 4.79. The number of rotatable bonds is 5. The Labute approximate surface area is 190 Å². The van der Waals surface area contributed by atoms with Crippen LogP contribution in [-0.4, -0.2) is 30.4 Å². The SMILES string of the molecule is C=CCn1c(C)nc2c(c1=O)c1nc3ccccc3nc1n2/N=C\c1ccc(C(C)C)cc1. The first-order valence-electron chi connectivity index (χ1n) is 10.9. The van der Waals surface area contributed by atoms with Crippen molar-refractivity contribution in [2.24, 2.45) is 5.10 Å². The average Bonchev–Trinajstić information content (AvgIpc) is 3.11. The summed E-state index contributed by atoms with van der Waals surface area (Å²) >= 11 is 0. The van der Waals surface area contributed by atoms with E-state index >= 15 is 0 Å². The summed E-state index contributed by atoms with van der Waals surface area (Å²) in [5.41, 5.74) is 4.91. The molecule has 5 aromatic rings. The maximum Gasteiger partial charge on any atom is 0.265 e. The third-order valence-corrected chi connectivity index (χ3v) is 5.77. The molecule has 0 bridgehead atoms. The van der Waals surface area contributed by atoms with Gasteiger partial charge < -0.3 is 0 Å². The van der Waals surface area contributed by atoms with Gasteiger partial charge in [0, 0.05) is 6.54 Å². The van der Waals surface area contributed by atoms with Crippen molar-refractivity contribution in [2.75, 3.05) is 0 Å². The highest BCUT2D eigenvalue weighted by Gasteiger charge is 2.20. The molecule has 0 aliphatic heterocycles. The van der Waals surface area contributed by atoms with Gasteiger partial charge in [-0.15, -0.1) is 6.58 Å². The summed E-state index contributed by atoms with van der Waals surface area (Å²) in [5.74, 6) is 1.04. The zero-order valence-electron chi connectivity index (χ0n) is 18.9. The minimum absolute atomic E-state index is 0.179. The van der Waals surface area contributed by atoms with Gasteiger partial charge in [-0.1, -0.05) is 56.3 Å². The van der Waals surface area contributed by atoms with Crippen molar-refractivity contribution >= 4 is 39.4 Å². The van der Waals surface area contributed by atoms with Crippen LogP contribution in [0.5, 0.6) is 0 Å². The van der Waals surface area contributed by atoms with Gasteiger partial charge in [-0.25, -0.2) is 15.0 Å². The molecule has 0 aliphatic rings. The molecule has 0 saturated carbocycles. The highest BCUT2D eigenvalue weighted by atomic mass is 16.1. The summed E-state index contributed by atoms with van der Waals surface area (Å²) in [6.07, 6.45) is 3.44. The zero-order chi connectivity index (χ0) is 23.1. The first kappa shape index (κ1) is 20.8. The average molecular weight is 437 g/mol. The molecule has 0 saturated heterocycles. The Bertz CT molecular complexity index is 1610. The number of para-hydroxylation sites is 2. The van der Waals surface area contributed by atoms with Crippen LogP contribution in [0.1, 0.15) is 36.7 Å². The standard InChI is InChI=1S/C26H24N6O/c1-5-14-31-17(4)28-24-22(26(31)33)23-25(30-21-9-7-6-8-20(21)29-23)32(24)27-15-18-10-12-19(13-11-18)16(2)3/h5-13,15-16H,1,14H2,2-4H3/b27-15-. The van der Waals surface area contributed by atoms with Crippen molar-refractivity contribution in [1.29, 1.82) is 0 Å². The molecule has 3 heterocycles. The molecule has 3 aromatic heterocycles. The van der Waals surface area contributed by atoms with Crippen LogP contribution in [0.4, 0.5) is 0 Å². The molecule has 0 fully saturated rings. The van der Waals surface area contributed by atoms with E-state index in [0.29, 0.717) is 46.0 Å². The highest BCUT2D eigenvalue weighted by Crippen LogP contribution is 2.25. The second kappa shape index (κ2) is 8.09. The van der Waals surface area contributed by atoms with Crippen LogP contribution in [0, 0.1) is 6.92 Å². The third kappa shape index (κ3) is 3.51. The van der Waals surface area contributed by atoms with E-state index in [-0.39, 0.29) is 5.56 Å². The summed E-state index contributed by atoms with van der Waals surface area (Å²) in [5, 5.41) is 5.10. The molecule has 33 heavy (non-hydrogen) atoms. The minimum atomic E-state index is -0.179. The second-order valence-electron chi connectivity index (χ2n) is 8.32. The summed E-state index contributed by atoms with van der Waals surface area (Å²) in [6.45, 7) is 10.3. The van der Waals surface area contributed by atoms with E-state index in [4.69, 9.17) is 20.1 Å². The fraction of sp³-hybridized carbons (Fsp3) is 0.192. The van der Waals surface area contributed by atoms with E-state index in [0.717, 1.165) is 11.1 Å². The Morgan fingerprint density at radius 1 is 1.00 bits per heavy atom. The molecule has 2 aromatic carbocycles. The van der Waals surface area contributed by atoms with Gasteiger partial charge in [-0.3, -0.25) is 9.36 Å². The summed E-state index contributed by atoms with van der Waals surface area (Å²) in [7, 11) is 0. The number of hydrogen-bond donors (Lipinski definition) is 0. The quantitative estimate of drug-likeness (QED) is 0.293. The van der Waals surface area contributed by atoms with Crippen LogP contribution in [0.25, 0.3) is 33.2 Å². The molecule has 0 radical (unpaired) electrons. The topological polar surface area (TPSA) is 78.0 Å². The molecule has 0 N–H and O–H groups in total. The Morgan fingerprint density at radius 2 is 1.70 bits per heavy atom. The Hall–Kier alpha value is -4.13. The normalized spacial score (nSPS) is 12.0. The summed E-state index contributed by atoms with van der Waals surface area (Å²) in [4.78, 5) is 27.7. The monoisotopic (exact) mass is 436 g/mol. The van der Waals surface area contributed by atoms with Crippen LogP contribution in [-0.2, 0) is 6.54 Å². The van der Waals surface area contributed by atoms with E-state index in [1.807, 2.05) is 36.4 Å². The van der Waals surface area contributed by atoms with Gasteiger partial charge in [0.2, 0.25) is 0 Å². The maximum atomic E-state index is 13.4. The molecule has 0 unspecified atom stereocenters. The smallest absolute Gasteiger partial charge is 0.265 e. The van der Waals surface area contributed by atoms with Gasteiger partial charge in [-0.05, 0) is 36.1 Å². The molecule has 7 nitrogen and oxygen atoms in total. The number of allylic oxidation sites excluding steroid dienone is 1. The van der Waals surface area contributed by atoms with Crippen LogP contribution < -0.4 is 5.56 Å². The van der Waals surface area contributed by atoms with E-state index in [2.05, 4.69) is 32.6 Å². The lowest BCUT2D eigenvalue weighted by atomic mass is 10.0. The largest absolute Gasteiger partial charge is 0.292 e. The fourth-order valence-corrected chi connectivity index (χ4v) is 3.96. The lowest BCUT2D eigenvalue weighted by Crippen LogP contribution is -2.23. The number of hydrogen-bond acceptors (Lipinski definition) is 5. The third-order valence-electron chi connectivity index (χ3n) is 5.77. The van der Waals surface area contributed by atoms with E-state index in [1.54, 1.807) is 28.5 Å². The number of aromatic nitrogens is 5. The van der Waals surface area contributed by atoms with Crippen LogP contribution in [0.3, 0.4) is 0 Å². The molecule has 0 spiro atoms. The number of aryl methyl sites for hydroxylation is 1. The van der Waals surface area contributed by atoms with Gasteiger partial charge in [0.15, 0.2) is 11.3 Å². The van der Waals surface area contributed by atoms with Crippen LogP contribution >= 0.6 is 0 Å². The molecule has 164 valence electrons. The molecule has 0 amide bonds. The summed E-state index contributed by atoms with van der Waals surface area (Å²) < 4.78 is 3.21. The van der Waals surface area contributed by atoms with Crippen molar-refractivity contribution in [2.45, 2.75) is 33.2 Å². The molecule has 0 aliphatic carbocycles. The van der Waals surface area contributed by atoms with Crippen molar-refractivity contribution in [1.82, 2.24) is 24.2 Å². The minimum Gasteiger partial charge on any atom is -0.292 e. The Balaban J connectivity index is 1.79. The van der Waals surface area contributed by atoms with E-state index in [9.17, 15) is 4.79 Å². The van der Waals surface area contributed by atoms with Crippen LogP contribution in [0.15, 0.2) is 71.1 Å². The molecule has 5 rings (SSSR count). The molecule has 0 atom stereocenters. The highest BCUT2D eigenvalue weighted by molar-refractivity contribution is 6.05. The van der Waals surface area contributed by atoms with Crippen LogP contribution in [0.2, 0.25) is 0 Å². The lowest BCUT2D eigenvalue weighted by Gasteiger charge is -2.07. The second-order valence-corrected chi connectivity index (χ2v) is 8.32. The first-order chi connectivity index (χ1) is 16.0.